The fraction of sp³-hybridized carbons (Fsp3) is 0.588. The Labute approximate surface area is 137 Å². The van der Waals surface area contributed by atoms with Gasteiger partial charge in [0.15, 0.2) is 0 Å². The van der Waals surface area contributed by atoms with E-state index < -0.39 is 0 Å². The second-order valence-corrected chi connectivity index (χ2v) is 7.08. The highest BCUT2D eigenvalue weighted by atomic mass is 32.1. The lowest BCUT2D eigenvalue weighted by Crippen LogP contribution is -2.46. The predicted octanol–water partition coefficient (Wildman–Crippen LogP) is 2.35. The summed E-state index contributed by atoms with van der Waals surface area (Å²) in [5.74, 6) is 0.417. The standard InChI is InChI=1S/C17H26N2O2S/c1-4-8-19(12-16-6-5-10-22-16)17(21)13(2)18-9-7-15(11-18)14(3)20/h4-6,10,13-15,20H,1,7-9,11-12H2,2-3H3. The van der Waals surface area contributed by atoms with Crippen LogP contribution in [0.3, 0.4) is 0 Å². The van der Waals surface area contributed by atoms with Crippen molar-refractivity contribution in [3.63, 3.8) is 0 Å². The zero-order valence-corrected chi connectivity index (χ0v) is 14.3. The van der Waals surface area contributed by atoms with Crippen LogP contribution < -0.4 is 0 Å². The van der Waals surface area contributed by atoms with E-state index in [0.717, 1.165) is 19.5 Å². The smallest absolute Gasteiger partial charge is 0.240 e. The number of hydrogen-bond acceptors (Lipinski definition) is 4. The summed E-state index contributed by atoms with van der Waals surface area (Å²) in [5.41, 5.74) is 0. The molecule has 0 radical (unpaired) electrons. The van der Waals surface area contributed by atoms with Crippen molar-refractivity contribution in [2.45, 2.75) is 39.0 Å². The van der Waals surface area contributed by atoms with Gasteiger partial charge in [0, 0.05) is 18.0 Å². The van der Waals surface area contributed by atoms with Crippen LogP contribution in [0.15, 0.2) is 30.2 Å². The van der Waals surface area contributed by atoms with E-state index in [2.05, 4.69) is 17.5 Å². The van der Waals surface area contributed by atoms with Gasteiger partial charge in [-0.1, -0.05) is 12.1 Å². The first-order chi connectivity index (χ1) is 10.5. The van der Waals surface area contributed by atoms with Crippen molar-refractivity contribution in [2.24, 2.45) is 5.92 Å². The van der Waals surface area contributed by atoms with Crippen molar-refractivity contribution in [3.8, 4) is 0 Å². The molecule has 1 aromatic heterocycles. The quantitative estimate of drug-likeness (QED) is 0.784. The molecule has 4 nitrogen and oxygen atoms in total. The van der Waals surface area contributed by atoms with E-state index in [1.807, 2.05) is 30.2 Å². The maximum Gasteiger partial charge on any atom is 0.240 e. The maximum atomic E-state index is 12.8. The van der Waals surface area contributed by atoms with Crippen LogP contribution in [0.2, 0.25) is 0 Å². The molecule has 0 aliphatic carbocycles. The van der Waals surface area contributed by atoms with Gasteiger partial charge in [-0.15, -0.1) is 17.9 Å². The van der Waals surface area contributed by atoms with E-state index in [0.29, 0.717) is 13.1 Å². The van der Waals surface area contributed by atoms with Gasteiger partial charge in [0.2, 0.25) is 5.91 Å². The van der Waals surface area contributed by atoms with Crippen molar-refractivity contribution in [2.75, 3.05) is 19.6 Å². The summed E-state index contributed by atoms with van der Waals surface area (Å²) in [5, 5.41) is 11.8. The molecule has 0 spiro atoms. The minimum atomic E-state index is -0.303. The van der Waals surface area contributed by atoms with E-state index in [-0.39, 0.29) is 24.0 Å². The maximum absolute atomic E-state index is 12.8. The highest BCUT2D eigenvalue weighted by Gasteiger charge is 2.33. The second kappa shape index (κ2) is 7.90. The lowest BCUT2D eigenvalue weighted by atomic mass is 10.0. The molecular weight excluding hydrogens is 296 g/mol. The molecule has 0 bridgehead atoms. The first-order valence-corrected chi connectivity index (χ1v) is 8.75. The van der Waals surface area contributed by atoms with Gasteiger partial charge in [-0.2, -0.15) is 0 Å². The van der Waals surface area contributed by atoms with Crippen molar-refractivity contribution in [3.05, 3.63) is 35.0 Å². The van der Waals surface area contributed by atoms with Gasteiger partial charge in [0.05, 0.1) is 18.7 Å². The number of hydrogen-bond donors (Lipinski definition) is 1. The largest absolute Gasteiger partial charge is 0.393 e. The molecule has 2 rings (SSSR count). The number of carbonyl (C=O) groups excluding carboxylic acids is 1. The lowest BCUT2D eigenvalue weighted by Gasteiger charge is -2.30. The molecule has 1 fully saturated rings. The lowest BCUT2D eigenvalue weighted by molar-refractivity contribution is -0.136. The Kier molecular flexibility index (Phi) is 6.17. The van der Waals surface area contributed by atoms with Crippen LogP contribution in [-0.4, -0.2) is 52.6 Å². The molecular formula is C17H26N2O2S. The first kappa shape index (κ1) is 17.2. The van der Waals surface area contributed by atoms with Gasteiger partial charge in [-0.05, 0) is 44.2 Å². The summed E-state index contributed by atoms with van der Waals surface area (Å²) in [6.07, 6.45) is 2.44. The van der Waals surface area contributed by atoms with Crippen molar-refractivity contribution < 1.29 is 9.90 Å². The molecule has 1 saturated heterocycles. The highest BCUT2D eigenvalue weighted by Crippen LogP contribution is 2.23. The van der Waals surface area contributed by atoms with Crippen LogP contribution in [0, 0.1) is 5.92 Å². The minimum Gasteiger partial charge on any atom is -0.393 e. The Hall–Kier alpha value is -1.17. The molecule has 1 aliphatic rings. The molecule has 1 amide bonds. The summed E-state index contributed by atoms with van der Waals surface area (Å²) in [7, 11) is 0. The molecule has 2 heterocycles. The number of nitrogens with zero attached hydrogens (tertiary/aromatic N) is 2. The average molecular weight is 322 g/mol. The summed E-state index contributed by atoms with van der Waals surface area (Å²) in [6, 6.07) is 3.91. The predicted molar refractivity (Wildman–Crippen MR) is 90.8 cm³/mol. The number of amides is 1. The fourth-order valence-corrected chi connectivity index (χ4v) is 3.68. The summed E-state index contributed by atoms with van der Waals surface area (Å²) in [6.45, 7) is 10.5. The number of aliphatic hydroxyl groups is 1. The van der Waals surface area contributed by atoms with E-state index in [9.17, 15) is 9.90 Å². The molecule has 5 heteroatoms. The van der Waals surface area contributed by atoms with Gasteiger partial charge < -0.3 is 10.0 Å². The van der Waals surface area contributed by atoms with E-state index in [1.165, 1.54) is 4.88 Å². The number of rotatable bonds is 7. The molecule has 1 N–H and O–H groups in total. The molecule has 3 atom stereocenters. The van der Waals surface area contributed by atoms with Crippen molar-refractivity contribution in [1.82, 2.24) is 9.80 Å². The Bertz CT molecular complexity index is 487. The normalized spacial score (nSPS) is 21.5. The molecule has 3 unspecified atom stereocenters. The minimum absolute atomic E-state index is 0.138. The van der Waals surface area contributed by atoms with Crippen LogP contribution in [0.25, 0.3) is 0 Å². The molecule has 1 aromatic rings. The van der Waals surface area contributed by atoms with Gasteiger partial charge in [0.25, 0.3) is 0 Å². The number of carbonyl (C=O) groups is 1. The molecule has 1 aliphatic heterocycles. The molecule has 22 heavy (non-hydrogen) atoms. The van der Waals surface area contributed by atoms with Crippen LogP contribution >= 0.6 is 11.3 Å². The van der Waals surface area contributed by atoms with Crippen molar-refractivity contribution in [1.29, 1.82) is 0 Å². The van der Waals surface area contributed by atoms with E-state index in [1.54, 1.807) is 17.4 Å². The van der Waals surface area contributed by atoms with Gasteiger partial charge in [-0.3, -0.25) is 9.69 Å². The summed E-state index contributed by atoms with van der Waals surface area (Å²) in [4.78, 5) is 18.0. The molecule has 0 aromatic carbocycles. The summed E-state index contributed by atoms with van der Waals surface area (Å²) >= 11 is 1.67. The van der Waals surface area contributed by atoms with Gasteiger partial charge >= 0.3 is 0 Å². The van der Waals surface area contributed by atoms with Crippen LogP contribution in [0.5, 0.6) is 0 Å². The van der Waals surface area contributed by atoms with Crippen LogP contribution in [0.1, 0.15) is 25.1 Å². The Morgan fingerprint density at radius 1 is 1.64 bits per heavy atom. The first-order valence-electron chi connectivity index (χ1n) is 7.87. The van der Waals surface area contributed by atoms with Crippen LogP contribution in [-0.2, 0) is 11.3 Å². The number of thiophene rings is 1. The average Bonchev–Trinajstić information content (AvgIpc) is 3.16. The SMILES string of the molecule is C=CCN(Cc1cccs1)C(=O)C(C)N1CCC(C(C)O)C1. The summed E-state index contributed by atoms with van der Waals surface area (Å²) < 4.78 is 0. The third-order valence-corrected chi connectivity index (χ3v) is 5.29. The molecule has 122 valence electrons. The second-order valence-electron chi connectivity index (χ2n) is 6.05. The zero-order valence-electron chi connectivity index (χ0n) is 13.4. The van der Waals surface area contributed by atoms with Gasteiger partial charge in [-0.25, -0.2) is 0 Å². The Balaban J connectivity index is 1.98. The molecule has 0 saturated carbocycles. The number of likely N-dealkylation sites (tertiary alicyclic amines) is 1. The Morgan fingerprint density at radius 3 is 2.95 bits per heavy atom. The topological polar surface area (TPSA) is 43.8 Å². The third-order valence-electron chi connectivity index (χ3n) is 4.43. The Morgan fingerprint density at radius 2 is 2.41 bits per heavy atom. The monoisotopic (exact) mass is 322 g/mol. The van der Waals surface area contributed by atoms with Gasteiger partial charge in [0.1, 0.15) is 0 Å². The van der Waals surface area contributed by atoms with E-state index in [4.69, 9.17) is 0 Å². The third kappa shape index (κ3) is 4.18. The van der Waals surface area contributed by atoms with E-state index >= 15 is 0 Å². The highest BCUT2D eigenvalue weighted by molar-refractivity contribution is 7.09. The van der Waals surface area contributed by atoms with Crippen molar-refractivity contribution >= 4 is 17.2 Å². The fourth-order valence-electron chi connectivity index (χ4n) is 2.96. The number of aliphatic hydroxyl groups excluding tert-OH is 1. The zero-order chi connectivity index (χ0) is 16.1. The van der Waals surface area contributed by atoms with Crippen LogP contribution in [0.4, 0.5) is 0 Å².